The third-order valence-electron chi connectivity index (χ3n) is 0.392. The van der Waals surface area contributed by atoms with Gasteiger partial charge in [0, 0.05) is 0 Å². The minimum atomic E-state index is -1.65. The predicted molar refractivity (Wildman–Crippen MR) is 22.5 cm³/mol. The molecule has 38 valence electrons. The number of terminal acetylenes is 1. The first kappa shape index (κ1) is 5.99. The van der Waals surface area contributed by atoms with Crippen molar-refractivity contribution in [1.29, 1.82) is 0 Å². The van der Waals surface area contributed by atoms with Gasteiger partial charge in [-0.15, -0.1) is 6.42 Å². The van der Waals surface area contributed by atoms with Crippen LogP contribution in [0.1, 0.15) is 0 Å². The lowest BCUT2D eigenvalue weighted by molar-refractivity contribution is -0.143. The summed E-state index contributed by atoms with van der Waals surface area (Å²) < 4.78 is 0. The van der Waals surface area contributed by atoms with Crippen molar-refractivity contribution in [3.8, 4) is 12.3 Å². The fourth-order valence-electron chi connectivity index (χ4n) is 0.0713. The maximum absolute atomic E-state index is 9.54. The fourth-order valence-corrected chi connectivity index (χ4v) is 0.0713. The summed E-state index contributed by atoms with van der Waals surface area (Å²) in [7, 11) is 0. The van der Waals surface area contributed by atoms with E-state index in [9.17, 15) is 4.79 Å². The van der Waals surface area contributed by atoms with Crippen molar-refractivity contribution in [3.63, 3.8) is 0 Å². The zero-order valence-corrected chi connectivity index (χ0v) is 3.46. The average Bonchev–Trinajstić information content (AvgIpc) is 1.65. The molecule has 1 atom stereocenters. The monoisotopic (exact) mass is 100 g/mol. The van der Waals surface area contributed by atoms with Crippen molar-refractivity contribution in [2.45, 2.75) is 6.10 Å². The van der Waals surface area contributed by atoms with Gasteiger partial charge in [-0.25, -0.2) is 4.79 Å². The van der Waals surface area contributed by atoms with Crippen molar-refractivity contribution in [2.24, 2.45) is 0 Å². The number of rotatable bonds is 1. The molecule has 7 heavy (non-hydrogen) atoms. The average molecular weight is 100 g/mol. The van der Waals surface area contributed by atoms with Crippen molar-refractivity contribution in [2.75, 3.05) is 0 Å². The number of hydrogen-bond acceptors (Lipinski definition) is 2. The summed E-state index contributed by atoms with van der Waals surface area (Å²) in [4.78, 5) is 9.54. The van der Waals surface area contributed by atoms with E-state index in [2.05, 4.69) is 6.42 Å². The molecule has 0 radical (unpaired) electrons. The minimum Gasteiger partial charge on any atom is -0.479 e. The van der Waals surface area contributed by atoms with Gasteiger partial charge in [0.25, 0.3) is 0 Å². The third kappa shape index (κ3) is 1.79. The van der Waals surface area contributed by atoms with Crippen LogP contribution in [-0.4, -0.2) is 22.3 Å². The van der Waals surface area contributed by atoms with E-state index in [0.29, 0.717) is 0 Å². The first-order valence-corrected chi connectivity index (χ1v) is 1.55. The number of aliphatic hydroxyl groups is 1. The van der Waals surface area contributed by atoms with E-state index >= 15 is 0 Å². The molecule has 0 unspecified atom stereocenters. The molecule has 0 heterocycles. The lowest BCUT2D eigenvalue weighted by atomic mass is 10.4. The van der Waals surface area contributed by atoms with Gasteiger partial charge in [0.15, 0.2) is 0 Å². The number of carboxylic acids is 1. The summed E-state index contributed by atoms with van der Waals surface area (Å²) in [5, 5.41) is 15.9. The van der Waals surface area contributed by atoms with Gasteiger partial charge in [-0.1, -0.05) is 5.92 Å². The van der Waals surface area contributed by atoms with Crippen molar-refractivity contribution < 1.29 is 15.0 Å². The molecule has 0 aliphatic rings. The molecule has 3 heteroatoms. The highest BCUT2D eigenvalue weighted by molar-refractivity contribution is 5.75. The quantitative estimate of drug-likeness (QED) is 0.418. The summed E-state index contributed by atoms with van der Waals surface area (Å²) in [5.41, 5.74) is 0. The molecule has 0 aromatic carbocycles. The van der Waals surface area contributed by atoms with Crippen molar-refractivity contribution in [1.82, 2.24) is 0 Å². The van der Waals surface area contributed by atoms with E-state index in [1.807, 2.05) is 0 Å². The van der Waals surface area contributed by atoms with E-state index in [1.165, 1.54) is 0 Å². The lowest BCUT2D eigenvalue weighted by Crippen LogP contribution is -2.15. The van der Waals surface area contributed by atoms with Gasteiger partial charge in [-0.2, -0.15) is 0 Å². The second-order valence-corrected chi connectivity index (χ2v) is 0.907. The Labute approximate surface area is 40.6 Å². The molecule has 0 aliphatic heterocycles. The topological polar surface area (TPSA) is 57.5 Å². The van der Waals surface area contributed by atoms with Crippen LogP contribution in [0.5, 0.6) is 0 Å². The first-order valence-electron chi connectivity index (χ1n) is 1.55. The Hall–Kier alpha value is -1.01. The van der Waals surface area contributed by atoms with Crippen molar-refractivity contribution in [3.05, 3.63) is 0 Å². The molecule has 0 aromatic rings. The first-order chi connectivity index (χ1) is 3.18. The highest BCUT2D eigenvalue weighted by Crippen LogP contribution is 1.74. The number of hydrogen-bond donors (Lipinski definition) is 2. The standard InChI is InChI=1S/C4H4O3/c1-2-3(5)4(6)7/h1,3,5H,(H,6,7)/t3-/m0/s1. The molecule has 0 aromatic heterocycles. The van der Waals surface area contributed by atoms with Crippen LogP contribution in [0.25, 0.3) is 0 Å². The van der Waals surface area contributed by atoms with Gasteiger partial charge in [0.1, 0.15) is 0 Å². The van der Waals surface area contributed by atoms with Crippen LogP contribution in [-0.2, 0) is 4.79 Å². The van der Waals surface area contributed by atoms with Crippen LogP contribution in [0.4, 0.5) is 0 Å². The molecule has 2 N–H and O–H groups in total. The van der Waals surface area contributed by atoms with Gasteiger partial charge in [-0.05, 0) is 0 Å². The molecule has 0 amide bonds. The third-order valence-corrected chi connectivity index (χ3v) is 0.392. The van der Waals surface area contributed by atoms with Crippen LogP contribution in [0.3, 0.4) is 0 Å². The Morgan fingerprint density at radius 1 is 1.86 bits per heavy atom. The van der Waals surface area contributed by atoms with Crippen LogP contribution < -0.4 is 0 Å². The van der Waals surface area contributed by atoms with Crippen LogP contribution in [0.15, 0.2) is 0 Å². The Morgan fingerprint density at radius 2 is 2.29 bits per heavy atom. The summed E-state index contributed by atoms with van der Waals surface area (Å²) in [6.07, 6.45) is 2.84. The van der Waals surface area contributed by atoms with Gasteiger partial charge in [0.05, 0.1) is 0 Å². The summed E-state index contributed by atoms with van der Waals surface area (Å²) in [6.45, 7) is 0. The van der Waals surface area contributed by atoms with E-state index in [4.69, 9.17) is 10.2 Å². The van der Waals surface area contributed by atoms with Crippen molar-refractivity contribution >= 4 is 5.97 Å². The normalized spacial score (nSPS) is 12.0. The second kappa shape index (κ2) is 2.21. The predicted octanol–water partition coefficient (Wildman–Crippen LogP) is -0.935. The van der Waals surface area contributed by atoms with E-state index < -0.39 is 12.1 Å². The van der Waals surface area contributed by atoms with Crippen LogP contribution in [0.2, 0.25) is 0 Å². The van der Waals surface area contributed by atoms with E-state index in [1.54, 1.807) is 5.92 Å². The molecular formula is C4H4O3. The molecule has 0 saturated carbocycles. The largest absolute Gasteiger partial charge is 0.479 e. The highest BCUT2D eigenvalue weighted by Gasteiger charge is 2.05. The number of aliphatic carboxylic acids is 1. The Bertz CT molecular complexity index is 111. The van der Waals surface area contributed by atoms with E-state index in [-0.39, 0.29) is 0 Å². The lowest BCUT2D eigenvalue weighted by Gasteiger charge is -1.88. The fraction of sp³-hybridized carbons (Fsp3) is 0.250. The second-order valence-electron chi connectivity index (χ2n) is 0.907. The maximum atomic E-state index is 9.54. The summed E-state index contributed by atoms with van der Waals surface area (Å²) in [5.74, 6) is 0.234. The highest BCUT2D eigenvalue weighted by atomic mass is 16.4. The minimum absolute atomic E-state index is 1.39. The maximum Gasteiger partial charge on any atom is 0.345 e. The zero-order chi connectivity index (χ0) is 5.86. The van der Waals surface area contributed by atoms with Gasteiger partial charge < -0.3 is 10.2 Å². The van der Waals surface area contributed by atoms with Gasteiger partial charge in [0.2, 0.25) is 6.10 Å². The molecule has 0 rings (SSSR count). The molecule has 0 spiro atoms. The SMILES string of the molecule is C#C[C@H](O)C(=O)O. The number of carbonyl (C=O) groups is 1. The molecule has 0 bridgehead atoms. The van der Waals surface area contributed by atoms with Gasteiger partial charge in [-0.3, -0.25) is 0 Å². The summed E-state index contributed by atoms with van der Waals surface area (Å²) >= 11 is 0. The number of aliphatic hydroxyl groups excluding tert-OH is 1. The Balaban J connectivity index is 3.63. The molecular weight excluding hydrogens is 96.0 g/mol. The molecule has 0 saturated heterocycles. The molecule has 3 nitrogen and oxygen atoms in total. The van der Waals surface area contributed by atoms with Crippen LogP contribution >= 0.6 is 0 Å². The molecule has 0 aliphatic carbocycles. The van der Waals surface area contributed by atoms with Gasteiger partial charge >= 0.3 is 5.97 Å². The Morgan fingerprint density at radius 3 is 2.29 bits per heavy atom. The summed E-state index contributed by atoms with van der Waals surface area (Å²) in [6, 6.07) is 0. The Kier molecular flexibility index (Phi) is 1.89. The van der Waals surface area contributed by atoms with E-state index in [0.717, 1.165) is 0 Å². The molecule has 0 fully saturated rings. The smallest absolute Gasteiger partial charge is 0.345 e. The zero-order valence-electron chi connectivity index (χ0n) is 3.46. The van der Waals surface area contributed by atoms with Crippen LogP contribution in [0, 0.1) is 12.3 Å². The number of carboxylic acid groups (broad SMARTS) is 1.